The van der Waals surface area contributed by atoms with Crippen LogP contribution in [-0.2, 0) is 6.18 Å². The summed E-state index contributed by atoms with van der Waals surface area (Å²) >= 11 is 0. The monoisotopic (exact) mass is 548 g/mol. The average Bonchev–Trinajstić information content (AvgIpc) is 3.10. The number of benzene rings is 1. The van der Waals surface area contributed by atoms with Crippen LogP contribution in [-0.4, -0.2) is 22.3 Å². The molecule has 1 aliphatic heterocycles. The highest BCUT2D eigenvalue weighted by Crippen LogP contribution is 2.34. The number of unbranched alkanes of at least 4 members (excludes halogenated alkanes) is 4. The third-order valence-corrected chi connectivity index (χ3v) is 6.48. The number of allylic oxidation sites excluding steroid dienone is 1. The zero-order valence-corrected chi connectivity index (χ0v) is 25.5. The Hall–Kier alpha value is -2.63. The van der Waals surface area contributed by atoms with Gasteiger partial charge in [0.1, 0.15) is 5.75 Å². The van der Waals surface area contributed by atoms with E-state index in [1.165, 1.54) is 57.4 Å². The standard InChI is InChI=1S/C17H13F3N2O.C10H22.C4H10.C2H6/c1-10-4-7-22-16(12-5-6-21-9-14(10)12)13-3-2-11(8-15(13)23)17(18,19)20;1-4-6-7-8-9-10(3)5-2;1-3-4-2;1-2/h2-6,8-9,23H,7H2,1H3;10H,4-9H2,1-3H3;3-4H2,1-2H3;1-2H3. The molecule has 0 amide bonds. The lowest BCUT2D eigenvalue weighted by atomic mass is 9.95. The Labute approximate surface area is 235 Å². The van der Waals surface area contributed by atoms with Crippen LogP contribution >= 0.6 is 0 Å². The molecule has 0 saturated carbocycles. The van der Waals surface area contributed by atoms with E-state index in [1.807, 2.05) is 26.8 Å². The maximum absolute atomic E-state index is 12.7. The molecule has 0 saturated heterocycles. The fourth-order valence-electron chi connectivity index (χ4n) is 3.65. The van der Waals surface area contributed by atoms with E-state index < -0.39 is 17.5 Å². The van der Waals surface area contributed by atoms with Crippen molar-refractivity contribution in [2.24, 2.45) is 10.9 Å². The van der Waals surface area contributed by atoms with Crippen LogP contribution in [0.2, 0.25) is 0 Å². The number of nitrogens with zero attached hydrogens (tertiary/aromatic N) is 2. The molecule has 1 aromatic heterocycles. The predicted octanol–water partition coefficient (Wildman–Crippen LogP) is 10.9. The van der Waals surface area contributed by atoms with Crippen molar-refractivity contribution < 1.29 is 18.3 Å². The minimum absolute atomic E-state index is 0.272. The van der Waals surface area contributed by atoms with Crippen LogP contribution < -0.4 is 0 Å². The van der Waals surface area contributed by atoms with Crippen molar-refractivity contribution in [1.82, 2.24) is 4.98 Å². The van der Waals surface area contributed by atoms with Gasteiger partial charge in [-0.3, -0.25) is 9.98 Å². The number of halogens is 3. The number of aliphatic imine (C=N–C) groups is 1. The van der Waals surface area contributed by atoms with Gasteiger partial charge in [-0.2, -0.15) is 13.2 Å². The quantitative estimate of drug-likeness (QED) is 0.333. The fraction of sp³-hybridized carbons (Fsp3) is 0.576. The van der Waals surface area contributed by atoms with E-state index in [2.05, 4.69) is 44.6 Å². The first-order valence-electron chi connectivity index (χ1n) is 14.7. The number of phenolic OH excluding ortho intramolecular Hbond substituents is 1. The third-order valence-electron chi connectivity index (χ3n) is 6.48. The van der Waals surface area contributed by atoms with Gasteiger partial charge in [-0.05, 0) is 42.7 Å². The molecule has 39 heavy (non-hydrogen) atoms. The van der Waals surface area contributed by atoms with Crippen LogP contribution in [0.15, 0.2) is 47.7 Å². The maximum Gasteiger partial charge on any atom is 0.416 e. The molecule has 1 unspecified atom stereocenters. The van der Waals surface area contributed by atoms with E-state index in [9.17, 15) is 18.3 Å². The van der Waals surface area contributed by atoms with Gasteiger partial charge < -0.3 is 5.11 Å². The smallest absolute Gasteiger partial charge is 0.416 e. The Kier molecular flexibility index (Phi) is 18.9. The summed E-state index contributed by atoms with van der Waals surface area (Å²) in [4.78, 5) is 8.49. The van der Waals surface area contributed by atoms with Crippen LogP contribution in [0.1, 0.15) is 129 Å². The minimum atomic E-state index is -4.50. The molecule has 1 aliphatic rings. The van der Waals surface area contributed by atoms with E-state index in [0.717, 1.165) is 34.8 Å². The van der Waals surface area contributed by atoms with Crippen LogP contribution in [0.5, 0.6) is 5.75 Å². The second kappa shape index (κ2) is 20.3. The molecule has 0 fully saturated rings. The molecule has 2 aromatic rings. The summed E-state index contributed by atoms with van der Waals surface area (Å²) in [5, 5.41) is 10.1. The number of alkyl halides is 3. The number of fused-ring (bicyclic) bond motifs is 1. The molecule has 3 nitrogen and oxygen atoms in total. The minimum Gasteiger partial charge on any atom is -0.507 e. The van der Waals surface area contributed by atoms with Crippen molar-refractivity contribution in [3.05, 3.63) is 65.0 Å². The Morgan fingerprint density at radius 3 is 2.10 bits per heavy atom. The van der Waals surface area contributed by atoms with E-state index in [4.69, 9.17) is 0 Å². The normalized spacial score (nSPS) is 13.0. The molecule has 1 aromatic carbocycles. The molecular weight excluding hydrogens is 497 g/mol. The number of aromatic nitrogens is 1. The molecule has 0 spiro atoms. The first-order chi connectivity index (χ1) is 18.6. The lowest BCUT2D eigenvalue weighted by Crippen LogP contribution is -2.09. The molecule has 3 rings (SSSR count). The lowest BCUT2D eigenvalue weighted by molar-refractivity contribution is -0.137. The predicted molar refractivity (Wildman–Crippen MR) is 162 cm³/mol. The topological polar surface area (TPSA) is 45.5 Å². The first-order valence-corrected chi connectivity index (χ1v) is 14.7. The molecule has 0 radical (unpaired) electrons. The zero-order valence-electron chi connectivity index (χ0n) is 25.5. The van der Waals surface area contributed by atoms with Crippen LogP contribution in [0, 0.1) is 5.92 Å². The molecule has 1 N–H and O–H groups in total. The molecule has 0 aliphatic carbocycles. The summed E-state index contributed by atoms with van der Waals surface area (Å²) in [6.07, 6.45) is 11.8. The Morgan fingerprint density at radius 2 is 1.56 bits per heavy atom. The summed E-state index contributed by atoms with van der Waals surface area (Å²) in [7, 11) is 0. The highest BCUT2D eigenvalue weighted by molar-refractivity contribution is 6.17. The maximum atomic E-state index is 12.7. The summed E-state index contributed by atoms with van der Waals surface area (Å²) in [5.74, 6) is 0.512. The number of phenols is 1. The fourth-order valence-corrected chi connectivity index (χ4v) is 3.65. The summed E-state index contributed by atoms with van der Waals surface area (Å²) in [6.45, 7) is 17.6. The second-order valence-corrected chi connectivity index (χ2v) is 9.59. The number of aromatic hydroxyl groups is 1. The largest absolute Gasteiger partial charge is 0.507 e. The van der Waals surface area contributed by atoms with Crippen molar-refractivity contribution in [3.63, 3.8) is 0 Å². The van der Waals surface area contributed by atoms with Gasteiger partial charge in [-0.25, -0.2) is 0 Å². The highest BCUT2D eigenvalue weighted by Gasteiger charge is 2.31. The van der Waals surface area contributed by atoms with Gasteiger partial charge in [0.2, 0.25) is 0 Å². The Balaban J connectivity index is 0.000000755. The van der Waals surface area contributed by atoms with E-state index in [0.29, 0.717) is 12.3 Å². The molecule has 2 heterocycles. The van der Waals surface area contributed by atoms with Gasteiger partial charge in [0, 0.05) is 29.1 Å². The summed E-state index contributed by atoms with van der Waals surface area (Å²) in [5.41, 5.74) is 2.41. The van der Waals surface area contributed by atoms with E-state index in [-0.39, 0.29) is 5.56 Å². The average molecular weight is 549 g/mol. The van der Waals surface area contributed by atoms with Crippen LogP contribution in [0.3, 0.4) is 0 Å². The number of rotatable bonds is 8. The van der Waals surface area contributed by atoms with Crippen LogP contribution in [0.4, 0.5) is 13.2 Å². The van der Waals surface area contributed by atoms with Gasteiger partial charge in [0.05, 0.1) is 17.8 Å². The summed E-state index contributed by atoms with van der Waals surface area (Å²) in [6, 6.07) is 4.67. The van der Waals surface area contributed by atoms with Crippen molar-refractivity contribution in [2.45, 2.75) is 113 Å². The highest BCUT2D eigenvalue weighted by atomic mass is 19.4. The molecule has 220 valence electrons. The van der Waals surface area contributed by atoms with Crippen molar-refractivity contribution in [3.8, 4) is 5.75 Å². The number of pyridine rings is 1. The number of hydrogen-bond acceptors (Lipinski definition) is 3. The summed E-state index contributed by atoms with van der Waals surface area (Å²) < 4.78 is 38.2. The van der Waals surface area contributed by atoms with E-state index in [1.54, 1.807) is 18.5 Å². The number of hydrogen-bond donors (Lipinski definition) is 1. The SMILES string of the molecule is CC.CC1=CCN=C(c2ccc(C(F)(F)F)cc2O)c2ccncc21.CCCC.CCCCCCC(C)CC. The van der Waals surface area contributed by atoms with E-state index >= 15 is 0 Å². The van der Waals surface area contributed by atoms with Crippen molar-refractivity contribution in [1.29, 1.82) is 0 Å². The Morgan fingerprint density at radius 1 is 0.897 bits per heavy atom. The molecule has 1 atom stereocenters. The lowest BCUT2D eigenvalue weighted by Gasteiger charge is -2.13. The van der Waals surface area contributed by atoms with Crippen LogP contribution in [0.25, 0.3) is 5.57 Å². The molecule has 6 heteroatoms. The second-order valence-electron chi connectivity index (χ2n) is 9.59. The first kappa shape index (κ1) is 36.4. The van der Waals surface area contributed by atoms with Crippen molar-refractivity contribution in [2.75, 3.05) is 6.54 Å². The third kappa shape index (κ3) is 13.3. The van der Waals surface area contributed by atoms with Gasteiger partial charge in [0.25, 0.3) is 0 Å². The van der Waals surface area contributed by atoms with Gasteiger partial charge >= 0.3 is 6.18 Å². The van der Waals surface area contributed by atoms with Gasteiger partial charge in [-0.15, -0.1) is 0 Å². The van der Waals surface area contributed by atoms with Gasteiger partial charge in [0.15, 0.2) is 0 Å². The van der Waals surface area contributed by atoms with Gasteiger partial charge in [-0.1, -0.05) is 106 Å². The van der Waals surface area contributed by atoms with Crippen molar-refractivity contribution >= 4 is 11.3 Å². The molecule has 0 bridgehead atoms. The zero-order chi connectivity index (χ0) is 29.8. The molecular formula is C33H51F3N2O. The Bertz CT molecular complexity index is 995.